The number of halogens is 2. The summed E-state index contributed by atoms with van der Waals surface area (Å²) in [5, 5.41) is 0. The molecule has 0 bridgehead atoms. The molecule has 0 aliphatic heterocycles. The van der Waals surface area contributed by atoms with E-state index in [1.54, 1.807) is 17.7 Å². The van der Waals surface area contributed by atoms with E-state index in [0.29, 0.717) is 0 Å². The van der Waals surface area contributed by atoms with Crippen molar-refractivity contribution in [3.05, 3.63) is 102 Å². The minimum atomic E-state index is -3.50. The van der Waals surface area contributed by atoms with Gasteiger partial charge < -0.3 is 0 Å². The molecule has 194 valence electrons. The number of hydrogen-bond donors (Lipinski definition) is 0. The fourth-order valence-corrected chi connectivity index (χ4v) is 20.6. The van der Waals surface area contributed by atoms with Crippen molar-refractivity contribution in [3.63, 3.8) is 0 Å². The summed E-state index contributed by atoms with van der Waals surface area (Å²) in [4.78, 5) is 0. The van der Waals surface area contributed by atoms with Crippen molar-refractivity contribution in [2.75, 3.05) is 0 Å². The van der Waals surface area contributed by atoms with Crippen LogP contribution < -0.4 is 0 Å². The van der Waals surface area contributed by atoms with Crippen molar-refractivity contribution in [2.45, 2.75) is 63.6 Å². The summed E-state index contributed by atoms with van der Waals surface area (Å²) in [5.41, 5.74) is 9.26. The van der Waals surface area contributed by atoms with Crippen molar-refractivity contribution in [1.29, 1.82) is 0 Å². The first-order valence-corrected chi connectivity index (χ1v) is 26.0. The van der Waals surface area contributed by atoms with Gasteiger partial charge in [0.1, 0.15) is 0 Å². The first-order valence-electron chi connectivity index (χ1n) is 12.7. The quantitative estimate of drug-likeness (QED) is 0.299. The van der Waals surface area contributed by atoms with Crippen molar-refractivity contribution in [3.8, 4) is 0 Å². The third kappa shape index (κ3) is 6.04. The second-order valence-electron chi connectivity index (χ2n) is 13.4. The summed E-state index contributed by atoms with van der Waals surface area (Å²) < 4.78 is 9.02. The maximum Gasteiger partial charge on any atom is -0.147 e. The summed E-state index contributed by atoms with van der Waals surface area (Å²) >= 11 is -3.50. The molecular formula is C32H44Cl2SiZr. The summed E-state index contributed by atoms with van der Waals surface area (Å²) in [6.07, 6.45) is 7.33. The number of rotatable bonds is 4. The van der Waals surface area contributed by atoms with Crippen LogP contribution in [0.5, 0.6) is 0 Å². The Morgan fingerprint density at radius 3 is 1.17 bits per heavy atom. The molecule has 0 atom stereocenters. The molecule has 0 saturated heterocycles. The zero-order valence-corrected chi connectivity index (χ0v) is 28.9. The Labute approximate surface area is 234 Å². The van der Waals surface area contributed by atoms with Gasteiger partial charge in [-0.05, 0) is 0 Å². The predicted octanol–water partition coefficient (Wildman–Crippen LogP) is 9.74. The van der Waals surface area contributed by atoms with Crippen LogP contribution in [-0.2, 0) is 17.4 Å². The zero-order chi connectivity index (χ0) is 25.0. The molecular weight excluding hydrogens is 575 g/mol. The summed E-state index contributed by atoms with van der Waals surface area (Å²) in [5.74, 6) is 0. The van der Waals surface area contributed by atoms with Gasteiger partial charge in [-0.1, -0.05) is 0 Å². The van der Waals surface area contributed by atoms with E-state index in [2.05, 4.69) is 131 Å². The van der Waals surface area contributed by atoms with Gasteiger partial charge in [0, 0.05) is 0 Å². The third-order valence-electron chi connectivity index (χ3n) is 7.86. The molecule has 36 heavy (non-hydrogen) atoms. The van der Waals surface area contributed by atoms with Gasteiger partial charge >= 0.3 is 212 Å². The minimum absolute atomic E-state index is 0. The van der Waals surface area contributed by atoms with Crippen molar-refractivity contribution in [2.24, 2.45) is 10.8 Å². The molecule has 2 aliphatic rings. The van der Waals surface area contributed by atoms with Crippen molar-refractivity contribution >= 4 is 42.8 Å². The average Bonchev–Trinajstić information content (AvgIpc) is 3.41. The van der Waals surface area contributed by atoms with Crippen LogP contribution in [0.1, 0.15) is 65.5 Å². The number of hydrogen-bond acceptors (Lipinski definition) is 0. The second-order valence-corrected chi connectivity index (χ2v) is 42.1. The van der Waals surface area contributed by atoms with E-state index < -0.39 is 17.4 Å². The molecule has 0 unspecified atom stereocenters. The van der Waals surface area contributed by atoms with Gasteiger partial charge in [-0.3, -0.25) is 0 Å². The van der Waals surface area contributed by atoms with E-state index >= 15 is 0 Å². The van der Waals surface area contributed by atoms with Gasteiger partial charge in [0.2, 0.25) is 0 Å². The van der Waals surface area contributed by atoms with Crippen LogP contribution >= 0.6 is 24.8 Å². The van der Waals surface area contributed by atoms with Gasteiger partial charge in [0.25, 0.3) is 0 Å². The zero-order valence-electron chi connectivity index (χ0n) is 23.4. The maximum atomic E-state index is 2.71. The third-order valence-corrected chi connectivity index (χ3v) is 24.6. The van der Waals surface area contributed by atoms with E-state index in [0.717, 1.165) is 12.8 Å². The molecule has 0 nitrogen and oxygen atoms in total. The largest absolute Gasteiger partial charge is 0.147 e. The summed E-state index contributed by atoms with van der Waals surface area (Å²) in [6, 6.07) is 22.1. The Morgan fingerprint density at radius 1 is 0.583 bits per heavy atom. The molecule has 0 heterocycles. The number of allylic oxidation sites excluding steroid dienone is 8. The summed E-state index contributed by atoms with van der Waals surface area (Å²) in [6.45, 7) is 16.8. The standard InChI is InChI=1S/2C15H17.2CH3.2ClH.H2Si.Zr/c2*1-15(2,3)14-10-9-13(11-14)12-7-5-4-6-8-12;;;;;;/h2*4-8,11H,9H2,1-3H3;2*1H3;2*1H;1H2;. The normalized spacial score (nSPS) is 16.9. The topological polar surface area (TPSA) is 0 Å². The van der Waals surface area contributed by atoms with E-state index in [1.807, 2.05) is 0 Å². The van der Waals surface area contributed by atoms with Crippen LogP contribution in [0.3, 0.4) is 0 Å². The van der Waals surface area contributed by atoms with Crippen molar-refractivity contribution in [1.82, 2.24) is 0 Å². The van der Waals surface area contributed by atoms with Gasteiger partial charge in [-0.15, -0.1) is 24.8 Å². The average molecular weight is 619 g/mol. The Balaban J connectivity index is 0.00000228. The second kappa shape index (κ2) is 10.7. The van der Waals surface area contributed by atoms with E-state index in [9.17, 15) is 0 Å². The molecule has 0 radical (unpaired) electrons. The van der Waals surface area contributed by atoms with Crippen LogP contribution in [0.25, 0.3) is 11.1 Å². The van der Waals surface area contributed by atoms with Crippen LogP contribution in [-0.4, -0.2) is 6.88 Å². The Kier molecular flexibility index (Phi) is 9.29. The molecule has 0 fully saturated rings. The Bertz CT molecular complexity index is 1210. The molecule has 4 rings (SSSR count). The predicted molar refractivity (Wildman–Crippen MR) is 166 cm³/mol. The van der Waals surface area contributed by atoms with Gasteiger partial charge in [-0.25, -0.2) is 0 Å². The molecule has 0 amide bonds. The Hall–Kier alpha value is -0.920. The van der Waals surface area contributed by atoms with Gasteiger partial charge in [0.05, 0.1) is 0 Å². The first-order chi connectivity index (χ1) is 15.7. The van der Waals surface area contributed by atoms with Gasteiger partial charge in [0.15, 0.2) is 0 Å². The van der Waals surface area contributed by atoms with Crippen molar-refractivity contribution < 1.29 is 17.4 Å². The van der Waals surface area contributed by atoms with Crippen LogP contribution in [0.15, 0.2) is 90.5 Å². The van der Waals surface area contributed by atoms with Crippen LogP contribution in [0.4, 0.5) is 0 Å². The fraction of sp³-hybridized carbons (Fsp3) is 0.375. The smallest absolute Gasteiger partial charge is 0.147 e. The molecule has 2 aromatic rings. The van der Waals surface area contributed by atoms with Crippen LogP contribution in [0, 0.1) is 10.8 Å². The monoisotopic (exact) mass is 616 g/mol. The first kappa shape index (κ1) is 31.3. The summed E-state index contributed by atoms with van der Waals surface area (Å²) in [7, 11) is 0. The molecule has 0 aromatic heterocycles. The molecule has 4 heteroatoms. The SMILES string of the molecule is CC(C)(C)C1=[C]([Zr]([CH3])([CH3])(=[SiH2])[C]2=C(C(C)(C)C)C=C(c3ccccc3)C2)CC(c2ccccc2)=C1.Cl.Cl. The van der Waals surface area contributed by atoms with Crippen LogP contribution in [0.2, 0.25) is 9.26 Å². The van der Waals surface area contributed by atoms with Gasteiger partial charge in [-0.2, -0.15) is 0 Å². The minimum Gasteiger partial charge on any atom is -0.147 e. The maximum absolute atomic E-state index is 3.50. The Morgan fingerprint density at radius 2 is 0.889 bits per heavy atom. The van der Waals surface area contributed by atoms with E-state index in [4.69, 9.17) is 0 Å². The van der Waals surface area contributed by atoms with E-state index in [1.165, 1.54) is 22.3 Å². The molecule has 2 aliphatic carbocycles. The molecule has 0 saturated carbocycles. The molecule has 0 spiro atoms. The molecule has 2 aromatic carbocycles. The fourth-order valence-electron chi connectivity index (χ4n) is 5.82. The molecule has 0 N–H and O–H groups in total. The number of benzene rings is 2. The van der Waals surface area contributed by atoms with E-state index in [-0.39, 0.29) is 35.6 Å².